The quantitative estimate of drug-likeness (QED) is 0.699. The molecule has 19 heavy (non-hydrogen) atoms. The molecule has 2 N–H and O–H groups in total. The Kier molecular flexibility index (Phi) is 2.56. The third-order valence-corrected chi connectivity index (χ3v) is 2.74. The van der Waals surface area contributed by atoms with E-state index in [1.165, 1.54) is 10.7 Å². The van der Waals surface area contributed by atoms with Crippen molar-refractivity contribution in [1.82, 2.24) is 14.8 Å². The van der Waals surface area contributed by atoms with Gasteiger partial charge in [0.15, 0.2) is 5.58 Å². The number of nitrogens with two attached hydrogens (primary N) is 1. The number of hydrogen-bond donors (Lipinski definition) is 1. The zero-order valence-corrected chi connectivity index (χ0v) is 10.3. The van der Waals surface area contributed by atoms with Crippen molar-refractivity contribution in [1.29, 1.82) is 0 Å². The Bertz CT molecular complexity index is 804. The predicted octanol–water partition coefficient (Wildman–Crippen LogP) is 1.32. The molecule has 2 heterocycles. The standard InChI is InChI=1S/C13H12N4O2/c1-8-2-5-13(18)17(16-8)7-12-15-10-4-3-9(14)6-11(10)19-12/h2-6H,7,14H2,1H3. The molecule has 96 valence electrons. The van der Waals surface area contributed by atoms with E-state index in [1.807, 2.05) is 6.92 Å². The van der Waals surface area contributed by atoms with Gasteiger partial charge in [-0.1, -0.05) is 0 Å². The number of anilines is 1. The largest absolute Gasteiger partial charge is 0.439 e. The van der Waals surface area contributed by atoms with E-state index in [9.17, 15) is 4.79 Å². The fourth-order valence-corrected chi connectivity index (χ4v) is 1.85. The van der Waals surface area contributed by atoms with Crippen molar-refractivity contribution in [3.8, 4) is 0 Å². The van der Waals surface area contributed by atoms with Crippen molar-refractivity contribution in [3.63, 3.8) is 0 Å². The van der Waals surface area contributed by atoms with Gasteiger partial charge in [0.25, 0.3) is 5.56 Å². The maximum atomic E-state index is 11.7. The van der Waals surface area contributed by atoms with Gasteiger partial charge in [-0.2, -0.15) is 5.10 Å². The first-order valence-corrected chi connectivity index (χ1v) is 5.81. The molecule has 3 aromatic rings. The summed E-state index contributed by atoms with van der Waals surface area (Å²) in [5.74, 6) is 0.431. The number of benzene rings is 1. The van der Waals surface area contributed by atoms with Gasteiger partial charge in [0.05, 0.1) is 5.69 Å². The molecule has 0 aliphatic rings. The SMILES string of the molecule is Cc1ccc(=O)n(Cc2nc3ccc(N)cc3o2)n1. The molecular weight excluding hydrogens is 244 g/mol. The number of hydrogen-bond acceptors (Lipinski definition) is 5. The van der Waals surface area contributed by atoms with Crippen LogP contribution in [0.2, 0.25) is 0 Å². The topological polar surface area (TPSA) is 86.9 Å². The van der Waals surface area contributed by atoms with Gasteiger partial charge in [0.1, 0.15) is 12.1 Å². The second-order valence-corrected chi connectivity index (χ2v) is 4.31. The number of rotatable bonds is 2. The Morgan fingerprint density at radius 2 is 2.16 bits per heavy atom. The molecule has 0 bridgehead atoms. The molecule has 6 nitrogen and oxygen atoms in total. The Morgan fingerprint density at radius 3 is 3.00 bits per heavy atom. The van der Waals surface area contributed by atoms with Crippen molar-refractivity contribution in [2.24, 2.45) is 0 Å². The minimum atomic E-state index is -0.188. The van der Waals surface area contributed by atoms with Gasteiger partial charge < -0.3 is 10.2 Å². The van der Waals surface area contributed by atoms with Crippen LogP contribution in [0, 0.1) is 6.92 Å². The minimum absolute atomic E-state index is 0.188. The molecule has 0 aliphatic carbocycles. The monoisotopic (exact) mass is 256 g/mol. The average molecular weight is 256 g/mol. The van der Waals surface area contributed by atoms with Crippen LogP contribution in [0.1, 0.15) is 11.6 Å². The lowest BCUT2D eigenvalue weighted by molar-refractivity contribution is 0.479. The molecule has 1 aromatic carbocycles. The van der Waals surface area contributed by atoms with E-state index in [-0.39, 0.29) is 12.1 Å². The molecular formula is C13H12N4O2. The summed E-state index contributed by atoms with van der Waals surface area (Å²) in [6, 6.07) is 8.39. The molecule has 0 radical (unpaired) electrons. The number of nitrogen functional groups attached to an aromatic ring is 1. The van der Waals surface area contributed by atoms with Crippen LogP contribution in [0.3, 0.4) is 0 Å². The summed E-state index contributed by atoms with van der Waals surface area (Å²) in [5.41, 5.74) is 8.18. The Hall–Kier alpha value is -2.63. The van der Waals surface area contributed by atoms with Crippen molar-refractivity contribution < 1.29 is 4.42 Å². The van der Waals surface area contributed by atoms with Crippen LogP contribution in [0.25, 0.3) is 11.1 Å². The predicted molar refractivity (Wildman–Crippen MR) is 70.8 cm³/mol. The lowest BCUT2D eigenvalue weighted by Crippen LogP contribution is -2.23. The Labute approximate surface area is 108 Å². The van der Waals surface area contributed by atoms with E-state index < -0.39 is 0 Å². The maximum absolute atomic E-state index is 11.7. The fourth-order valence-electron chi connectivity index (χ4n) is 1.85. The van der Waals surface area contributed by atoms with Gasteiger partial charge in [-0.15, -0.1) is 0 Å². The summed E-state index contributed by atoms with van der Waals surface area (Å²) in [4.78, 5) is 16.0. The number of aromatic nitrogens is 3. The number of fused-ring (bicyclic) bond motifs is 1. The van der Waals surface area contributed by atoms with Gasteiger partial charge in [-0.25, -0.2) is 9.67 Å². The van der Waals surface area contributed by atoms with Crippen molar-refractivity contribution in [3.05, 3.63) is 52.3 Å². The molecule has 3 rings (SSSR count). The highest BCUT2D eigenvalue weighted by Gasteiger charge is 2.08. The number of oxazole rings is 1. The van der Waals surface area contributed by atoms with Crippen LogP contribution in [0.5, 0.6) is 0 Å². The first kappa shape index (κ1) is 11.5. The highest BCUT2D eigenvalue weighted by Crippen LogP contribution is 2.18. The van der Waals surface area contributed by atoms with Crippen molar-refractivity contribution in [2.75, 3.05) is 5.73 Å². The van der Waals surface area contributed by atoms with Crippen molar-refractivity contribution >= 4 is 16.8 Å². The van der Waals surface area contributed by atoms with Crippen LogP contribution in [0.4, 0.5) is 5.69 Å². The zero-order chi connectivity index (χ0) is 13.4. The van der Waals surface area contributed by atoms with Gasteiger partial charge in [0.2, 0.25) is 5.89 Å². The second kappa shape index (κ2) is 4.24. The molecule has 0 aliphatic heterocycles. The molecule has 2 aromatic heterocycles. The molecule has 0 saturated heterocycles. The number of aryl methyl sites for hydroxylation is 1. The summed E-state index contributed by atoms with van der Waals surface area (Å²) in [7, 11) is 0. The normalized spacial score (nSPS) is 11.0. The third kappa shape index (κ3) is 2.20. The first-order valence-electron chi connectivity index (χ1n) is 5.81. The molecule has 0 amide bonds. The summed E-state index contributed by atoms with van der Waals surface area (Å²) in [5, 5.41) is 4.14. The van der Waals surface area contributed by atoms with E-state index in [0.717, 1.165) is 5.69 Å². The highest BCUT2D eigenvalue weighted by atomic mass is 16.3. The van der Waals surface area contributed by atoms with Crippen LogP contribution >= 0.6 is 0 Å². The van der Waals surface area contributed by atoms with Gasteiger partial charge >= 0.3 is 0 Å². The first-order chi connectivity index (χ1) is 9.11. The van der Waals surface area contributed by atoms with Gasteiger partial charge in [-0.05, 0) is 25.1 Å². The molecule has 0 atom stereocenters. The number of nitrogens with zero attached hydrogens (tertiary/aromatic N) is 3. The van der Waals surface area contributed by atoms with E-state index in [4.69, 9.17) is 10.2 Å². The molecule has 0 unspecified atom stereocenters. The van der Waals surface area contributed by atoms with E-state index in [2.05, 4.69) is 10.1 Å². The third-order valence-electron chi connectivity index (χ3n) is 2.74. The minimum Gasteiger partial charge on any atom is -0.439 e. The summed E-state index contributed by atoms with van der Waals surface area (Å²) in [6.45, 7) is 2.03. The highest BCUT2D eigenvalue weighted by molar-refractivity contribution is 5.76. The van der Waals surface area contributed by atoms with E-state index in [1.54, 1.807) is 24.3 Å². The van der Waals surface area contributed by atoms with E-state index in [0.29, 0.717) is 22.7 Å². The molecule has 0 fully saturated rings. The molecule has 0 saturated carbocycles. The van der Waals surface area contributed by atoms with Gasteiger partial charge in [0, 0.05) is 17.8 Å². The van der Waals surface area contributed by atoms with E-state index >= 15 is 0 Å². The summed E-state index contributed by atoms with van der Waals surface area (Å²) < 4.78 is 6.88. The van der Waals surface area contributed by atoms with Crippen LogP contribution in [-0.4, -0.2) is 14.8 Å². The Morgan fingerprint density at radius 1 is 1.32 bits per heavy atom. The van der Waals surface area contributed by atoms with Gasteiger partial charge in [-0.3, -0.25) is 4.79 Å². The lowest BCUT2D eigenvalue weighted by Gasteiger charge is -2.01. The van der Waals surface area contributed by atoms with Crippen molar-refractivity contribution in [2.45, 2.75) is 13.5 Å². The Balaban J connectivity index is 2.01. The second-order valence-electron chi connectivity index (χ2n) is 4.31. The molecule has 6 heteroatoms. The average Bonchev–Trinajstić information content (AvgIpc) is 2.75. The maximum Gasteiger partial charge on any atom is 0.267 e. The van der Waals surface area contributed by atoms with Crippen LogP contribution < -0.4 is 11.3 Å². The van der Waals surface area contributed by atoms with Crippen LogP contribution in [-0.2, 0) is 6.54 Å². The fraction of sp³-hybridized carbons (Fsp3) is 0.154. The lowest BCUT2D eigenvalue weighted by atomic mass is 10.3. The van der Waals surface area contributed by atoms with Crippen LogP contribution in [0.15, 0.2) is 39.5 Å². The summed E-state index contributed by atoms with van der Waals surface area (Å²) in [6.07, 6.45) is 0. The molecule has 0 spiro atoms. The smallest absolute Gasteiger partial charge is 0.267 e. The summed E-state index contributed by atoms with van der Waals surface area (Å²) >= 11 is 0. The zero-order valence-electron chi connectivity index (χ0n) is 10.3.